The number of fused-ring (bicyclic) bond motifs is 1. The van der Waals surface area contributed by atoms with Crippen molar-refractivity contribution in [2.75, 3.05) is 46.9 Å². The Hall–Kier alpha value is -1.54. The van der Waals surface area contributed by atoms with E-state index in [1.807, 2.05) is 6.07 Å². The smallest absolute Gasteiger partial charge is 0.263 e. The fourth-order valence-corrected chi connectivity index (χ4v) is 5.68. The lowest BCUT2D eigenvalue weighted by Gasteiger charge is -2.40. The molecule has 2 aromatic rings. The Kier molecular flexibility index (Phi) is 5.69. The predicted molar refractivity (Wildman–Crippen MR) is 111 cm³/mol. The van der Waals surface area contributed by atoms with Crippen LogP contribution < -0.4 is 0 Å². The Bertz CT molecular complexity index is 837. The topological polar surface area (TPSA) is 65.9 Å². The van der Waals surface area contributed by atoms with Crippen molar-refractivity contribution < 1.29 is 14.6 Å². The van der Waals surface area contributed by atoms with Crippen LogP contribution >= 0.6 is 11.3 Å². The van der Waals surface area contributed by atoms with Crippen LogP contribution in [0.2, 0.25) is 0 Å². The molecule has 0 spiro atoms. The molecule has 2 aliphatic rings. The van der Waals surface area contributed by atoms with Gasteiger partial charge in [0, 0.05) is 58.3 Å². The summed E-state index contributed by atoms with van der Waals surface area (Å²) in [7, 11) is 3.61. The minimum absolute atomic E-state index is 0.0666. The van der Waals surface area contributed by atoms with Gasteiger partial charge in [-0.2, -0.15) is 0 Å². The van der Waals surface area contributed by atoms with Crippen molar-refractivity contribution in [1.29, 1.82) is 0 Å². The van der Waals surface area contributed by atoms with Gasteiger partial charge in [0.2, 0.25) is 0 Å². The van der Waals surface area contributed by atoms with Gasteiger partial charge in [0.05, 0.1) is 10.5 Å². The summed E-state index contributed by atoms with van der Waals surface area (Å²) in [5, 5.41) is 11.9. The number of nitrogens with zero attached hydrogens (tertiary/aromatic N) is 3. The highest BCUT2D eigenvalue weighted by Crippen LogP contribution is 2.40. The number of carbonyl (C=O) groups is 1. The van der Waals surface area contributed by atoms with Crippen LogP contribution in [0.15, 0.2) is 18.3 Å². The molecule has 28 heavy (non-hydrogen) atoms. The number of hydrogen-bond acceptors (Lipinski definition) is 6. The normalized spacial score (nSPS) is 21.1. The number of β-amino-alcohol motifs (C(OH)–C–C–N with tert-alkyl or cyclic N) is 1. The van der Waals surface area contributed by atoms with Gasteiger partial charge in [0.15, 0.2) is 0 Å². The summed E-state index contributed by atoms with van der Waals surface area (Å²) in [6.07, 6.45) is 5.23. The molecule has 0 saturated carbocycles. The number of aliphatic hydroxyl groups is 1. The molecule has 152 valence electrons. The summed E-state index contributed by atoms with van der Waals surface area (Å²) in [5.41, 5.74) is 0.562. The van der Waals surface area contributed by atoms with Gasteiger partial charge in [0.25, 0.3) is 5.91 Å². The zero-order valence-electron chi connectivity index (χ0n) is 16.7. The van der Waals surface area contributed by atoms with Crippen molar-refractivity contribution in [3.63, 3.8) is 0 Å². The summed E-state index contributed by atoms with van der Waals surface area (Å²) >= 11 is 1.51. The number of amides is 1. The number of carbonyl (C=O) groups excluding carboxylic acids is 1. The molecule has 2 saturated heterocycles. The number of ether oxygens (including phenoxy) is 1. The van der Waals surface area contributed by atoms with Crippen LogP contribution in [0.5, 0.6) is 0 Å². The minimum Gasteiger partial charge on any atom is -0.388 e. The average Bonchev–Trinajstić information content (AvgIpc) is 3.07. The Morgan fingerprint density at radius 2 is 2.07 bits per heavy atom. The number of likely N-dealkylation sites (tertiary alicyclic amines) is 1. The lowest BCUT2D eigenvalue weighted by molar-refractivity contribution is -0.0820. The van der Waals surface area contributed by atoms with Crippen molar-refractivity contribution in [3.05, 3.63) is 28.8 Å². The van der Waals surface area contributed by atoms with Gasteiger partial charge in [-0.3, -0.25) is 4.79 Å². The van der Waals surface area contributed by atoms with Crippen molar-refractivity contribution in [2.45, 2.75) is 37.2 Å². The molecule has 2 aromatic heterocycles. The first-order valence-electron chi connectivity index (χ1n) is 10.1. The van der Waals surface area contributed by atoms with E-state index in [0.717, 1.165) is 60.4 Å². The van der Waals surface area contributed by atoms with Crippen LogP contribution in [0, 0.1) is 0 Å². The minimum atomic E-state index is -0.615. The van der Waals surface area contributed by atoms with E-state index in [-0.39, 0.29) is 5.91 Å². The molecule has 0 atom stereocenters. The molecular formula is C21H29N3O3S. The molecule has 6 nitrogen and oxygen atoms in total. The molecule has 1 N–H and O–H groups in total. The van der Waals surface area contributed by atoms with Crippen LogP contribution in [-0.2, 0) is 4.74 Å². The molecule has 0 unspecified atom stereocenters. The Balaban J connectivity index is 1.52. The number of rotatable bonds is 4. The fourth-order valence-electron chi connectivity index (χ4n) is 4.42. The maximum absolute atomic E-state index is 12.8. The second-order valence-electron chi connectivity index (χ2n) is 8.29. The first-order valence-corrected chi connectivity index (χ1v) is 10.9. The van der Waals surface area contributed by atoms with Gasteiger partial charge in [-0.05, 0) is 43.5 Å². The fraction of sp³-hybridized carbons (Fsp3) is 0.619. The third-order valence-electron chi connectivity index (χ3n) is 6.04. The molecule has 1 amide bonds. The van der Waals surface area contributed by atoms with Gasteiger partial charge in [-0.25, -0.2) is 4.98 Å². The molecule has 4 rings (SSSR count). The molecule has 7 heteroatoms. The van der Waals surface area contributed by atoms with Gasteiger partial charge in [0.1, 0.15) is 4.83 Å². The third-order valence-corrected chi connectivity index (χ3v) is 7.16. The molecule has 0 aliphatic carbocycles. The Morgan fingerprint density at radius 3 is 2.75 bits per heavy atom. The second kappa shape index (κ2) is 8.06. The van der Waals surface area contributed by atoms with Crippen molar-refractivity contribution >= 4 is 27.5 Å². The van der Waals surface area contributed by atoms with E-state index in [9.17, 15) is 9.90 Å². The number of aromatic nitrogens is 1. The number of pyridine rings is 1. The first-order chi connectivity index (χ1) is 13.5. The number of piperidine rings is 1. The summed E-state index contributed by atoms with van der Waals surface area (Å²) in [5.74, 6) is 0.425. The average molecular weight is 404 g/mol. The Morgan fingerprint density at radius 1 is 1.36 bits per heavy atom. The Labute approximate surface area is 170 Å². The van der Waals surface area contributed by atoms with E-state index in [0.29, 0.717) is 19.1 Å². The van der Waals surface area contributed by atoms with Gasteiger partial charge in [-0.1, -0.05) is 6.07 Å². The number of thiophene rings is 1. The molecule has 0 radical (unpaired) electrons. The van der Waals surface area contributed by atoms with Crippen LogP contribution in [0.4, 0.5) is 0 Å². The van der Waals surface area contributed by atoms with E-state index >= 15 is 0 Å². The maximum Gasteiger partial charge on any atom is 0.263 e. The summed E-state index contributed by atoms with van der Waals surface area (Å²) in [6, 6.07) is 4.05. The van der Waals surface area contributed by atoms with Gasteiger partial charge < -0.3 is 19.6 Å². The highest BCUT2D eigenvalue weighted by molar-refractivity contribution is 7.20. The molecule has 0 bridgehead atoms. The molecule has 4 heterocycles. The van der Waals surface area contributed by atoms with E-state index in [2.05, 4.69) is 16.0 Å². The molecule has 2 fully saturated rings. The zero-order valence-corrected chi connectivity index (χ0v) is 17.5. The largest absolute Gasteiger partial charge is 0.388 e. The lowest BCUT2D eigenvalue weighted by Crippen LogP contribution is -2.48. The molecular weight excluding hydrogens is 374 g/mol. The lowest BCUT2D eigenvalue weighted by atomic mass is 9.86. The van der Waals surface area contributed by atoms with E-state index in [4.69, 9.17) is 4.74 Å². The maximum atomic E-state index is 12.8. The highest BCUT2D eigenvalue weighted by Gasteiger charge is 2.35. The highest BCUT2D eigenvalue weighted by atomic mass is 32.1. The summed E-state index contributed by atoms with van der Waals surface area (Å²) < 4.78 is 5.40. The van der Waals surface area contributed by atoms with Crippen molar-refractivity contribution in [1.82, 2.24) is 14.8 Å². The van der Waals surface area contributed by atoms with E-state index in [1.54, 1.807) is 25.2 Å². The monoisotopic (exact) mass is 403 g/mol. The summed E-state index contributed by atoms with van der Waals surface area (Å²) in [4.78, 5) is 23.1. The van der Waals surface area contributed by atoms with Gasteiger partial charge >= 0.3 is 0 Å². The quantitative estimate of drug-likeness (QED) is 0.850. The van der Waals surface area contributed by atoms with Crippen LogP contribution in [0.3, 0.4) is 0 Å². The molecule has 2 aliphatic heterocycles. The number of hydrogen-bond donors (Lipinski definition) is 1. The van der Waals surface area contributed by atoms with E-state index in [1.165, 1.54) is 16.9 Å². The second-order valence-corrected chi connectivity index (χ2v) is 9.29. The van der Waals surface area contributed by atoms with Crippen LogP contribution in [0.1, 0.15) is 46.8 Å². The van der Waals surface area contributed by atoms with Crippen LogP contribution in [0.25, 0.3) is 10.2 Å². The van der Waals surface area contributed by atoms with Crippen molar-refractivity contribution in [2.24, 2.45) is 0 Å². The third kappa shape index (κ3) is 3.94. The van der Waals surface area contributed by atoms with Gasteiger partial charge in [-0.15, -0.1) is 11.3 Å². The van der Waals surface area contributed by atoms with E-state index < -0.39 is 5.60 Å². The standard InChI is InChI=1S/C21H29N3O3S/c1-23(2)20(25)18-17(16-4-3-9-22-19(16)28-18)15-5-10-24(11-6-15)14-21(26)7-12-27-13-8-21/h3-4,9,15,26H,5-8,10-14H2,1-2H3. The van der Waals surface area contributed by atoms with Crippen LogP contribution in [-0.4, -0.2) is 78.3 Å². The zero-order chi connectivity index (χ0) is 19.7. The van der Waals surface area contributed by atoms with Crippen molar-refractivity contribution in [3.8, 4) is 0 Å². The SMILES string of the molecule is CN(C)C(=O)c1sc2ncccc2c1C1CCN(CC2(O)CCOCC2)CC1. The predicted octanol–water partition coefficient (Wildman–Crippen LogP) is 2.72. The summed E-state index contributed by atoms with van der Waals surface area (Å²) in [6.45, 7) is 3.91. The first kappa shape index (κ1) is 19.8. The molecule has 0 aromatic carbocycles.